The van der Waals surface area contributed by atoms with Gasteiger partial charge in [-0.1, -0.05) is 12.1 Å². The summed E-state index contributed by atoms with van der Waals surface area (Å²) in [4.78, 5) is 22.7. The van der Waals surface area contributed by atoms with E-state index in [2.05, 4.69) is 5.32 Å². The zero-order chi connectivity index (χ0) is 14.6. The number of carbonyl (C=O) groups excluding carboxylic acids is 1. The Morgan fingerprint density at radius 2 is 1.95 bits per heavy atom. The summed E-state index contributed by atoms with van der Waals surface area (Å²) in [6, 6.07) is 3.39. The Morgan fingerprint density at radius 3 is 2.47 bits per heavy atom. The van der Waals surface area contributed by atoms with E-state index in [0.717, 1.165) is 5.56 Å². The number of rotatable bonds is 5. The molecule has 0 radical (unpaired) electrons. The number of aryl methyl sites for hydroxylation is 1. The summed E-state index contributed by atoms with van der Waals surface area (Å²) in [5.41, 5.74) is 1.86. The Kier molecular flexibility index (Phi) is 4.97. The van der Waals surface area contributed by atoms with Crippen LogP contribution in [0.1, 0.15) is 27.9 Å². The van der Waals surface area contributed by atoms with Gasteiger partial charge in [0.25, 0.3) is 5.91 Å². The van der Waals surface area contributed by atoms with Crippen LogP contribution in [0.4, 0.5) is 8.78 Å². The number of amides is 1. The van der Waals surface area contributed by atoms with Crippen LogP contribution in [0.3, 0.4) is 0 Å². The maximum Gasteiger partial charge on any atom is 0.326 e. The van der Waals surface area contributed by atoms with Crippen LogP contribution in [-0.4, -0.2) is 29.5 Å². The lowest BCUT2D eigenvalue weighted by Crippen LogP contribution is -2.42. The summed E-state index contributed by atoms with van der Waals surface area (Å²) in [6.07, 6.45) is -3.70. The summed E-state index contributed by atoms with van der Waals surface area (Å²) < 4.78 is 24.5. The molecule has 1 atom stereocenters. The van der Waals surface area contributed by atoms with Crippen LogP contribution < -0.4 is 5.32 Å². The molecular formula is C13H15F2NO3. The molecule has 1 amide bonds. The predicted molar refractivity (Wildman–Crippen MR) is 65.4 cm³/mol. The Bertz CT molecular complexity index is 489. The minimum absolute atomic E-state index is 0.292. The van der Waals surface area contributed by atoms with Crippen LogP contribution in [0.2, 0.25) is 0 Å². The summed E-state index contributed by atoms with van der Waals surface area (Å²) in [6.45, 7) is 3.52. The molecule has 0 aliphatic heterocycles. The molecule has 104 valence electrons. The van der Waals surface area contributed by atoms with Crippen molar-refractivity contribution < 1.29 is 23.5 Å². The second-order valence-electron chi connectivity index (χ2n) is 4.24. The summed E-state index contributed by atoms with van der Waals surface area (Å²) in [7, 11) is 0. The van der Waals surface area contributed by atoms with Gasteiger partial charge in [-0.3, -0.25) is 4.79 Å². The molecule has 1 aromatic rings. The Balaban J connectivity index is 2.88. The molecule has 19 heavy (non-hydrogen) atoms. The predicted octanol–water partition coefficient (Wildman–Crippen LogP) is 2.14. The van der Waals surface area contributed by atoms with Crippen LogP contribution in [0.15, 0.2) is 18.2 Å². The molecule has 0 bridgehead atoms. The van der Waals surface area contributed by atoms with Gasteiger partial charge in [-0.05, 0) is 31.0 Å². The SMILES string of the molecule is Cc1cccc(C(=O)NC(CC(F)F)C(=O)O)c1C. The van der Waals surface area contributed by atoms with Crippen molar-refractivity contribution in [2.75, 3.05) is 0 Å². The standard InChI is InChI=1S/C13H15F2NO3/c1-7-4-3-5-9(8(7)2)12(17)16-10(13(18)19)6-11(14)15/h3-5,10-11H,6H2,1-2H3,(H,16,17)(H,18,19). The van der Waals surface area contributed by atoms with Gasteiger partial charge in [-0.2, -0.15) is 0 Å². The highest BCUT2D eigenvalue weighted by Crippen LogP contribution is 2.13. The Hall–Kier alpha value is -1.98. The molecule has 4 nitrogen and oxygen atoms in total. The number of hydrogen-bond donors (Lipinski definition) is 2. The van der Waals surface area contributed by atoms with Crippen molar-refractivity contribution in [1.82, 2.24) is 5.32 Å². The number of alkyl halides is 2. The fourth-order valence-electron chi connectivity index (χ4n) is 1.63. The normalized spacial score (nSPS) is 12.3. The topological polar surface area (TPSA) is 66.4 Å². The smallest absolute Gasteiger partial charge is 0.326 e. The minimum Gasteiger partial charge on any atom is -0.480 e. The van der Waals surface area contributed by atoms with E-state index in [1.807, 2.05) is 0 Å². The molecule has 0 aliphatic carbocycles. The van der Waals surface area contributed by atoms with Crippen molar-refractivity contribution in [3.8, 4) is 0 Å². The lowest BCUT2D eigenvalue weighted by atomic mass is 10.0. The minimum atomic E-state index is -2.79. The molecule has 0 heterocycles. The van der Waals surface area contributed by atoms with Crippen LogP contribution in [0.25, 0.3) is 0 Å². The zero-order valence-electron chi connectivity index (χ0n) is 10.6. The number of carboxylic acid groups (broad SMARTS) is 1. The highest BCUT2D eigenvalue weighted by Gasteiger charge is 2.25. The van der Waals surface area contributed by atoms with Crippen molar-refractivity contribution >= 4 is 11.9 Å². The molecule has 0 saturated carbocycles. The van der Waals surface area contributed by atoms with Gasteiger partial charge >= 0.3 is 5.97 Å². The monoisotopic (exact) mass is 271 g/mol. The van der Waals surface area contributed by atoms with Gasteiger partial charge in [-0.25, -0.2) is 13.6 Å². The van der Waals surface area contributed by atoms with E-state index >= 15 is 0 Å². The van der Waals surface area contributed by atoms with Gasteiger partial charge in [0.2, 0.25) is 6.43 Å². The summed E-state index contributed by atoms with van der Waals surface area (Å²) >= 11 is 0. The van der Waals surface area contributed by atoms with Crippen molar-refractivity contribution in [1.29, 1.82) is 0 Å². The van der Waals surface area contributed by atoms with Gasteiger partial charge in [-0.15, -0.1) is 0 Å². The average Bonchev–Trinajstić information content (AvgIpc) is 2.31. The number of benzene rings is 1. The maximum absolute atomic E-state index is 12.2. The highest BCUT2D eigenvalue weighted by molar-refractivity contribution is 5.98. The fourth-order valence-corrected chi connectivity index (χ4v) is 1.63. The quantitative estimate of drug-likeness (QED) is 0.862. The van der Waals surface area contributed by atoms with Crippen molar-refractivity contribution in [3.05, 3.63) is 34.9 Å². The van der Waals surface area contributed by atoms with Gasteiger partial charge in [0, 0.05) is 12.0 Å². The number of carbonyl (C=O) groups is 2. The number of hydrogen-bond acceptors (Lipinski definition) is 2. The van der Waals surface area contributed by atoms with Gasteiger partial charge in [0.1, 0.15) is 6.04 Å². The largest absolute Gasteiger partial charge is 0.480 e. The van der Waals surface area contributed by atoms with E-state index in [4.69, 9.17) is 5.11 Å². The number of carboxylic acids is 1. The molecule has 0 spiro atoms. The lowest BCUT2D eigenvalue weighted by molar-refractivity contribution is -0.140. The van der Waals surface area contributed by atoms with Crippen molar-refractivity contribution in [3.63, 3.8) is 0 Å². The first-order valence-electron chi connectivity index (χ1n) is 5.71. The van der Waals surface area contributed by atoms with E-state index < -0.39 is 30.8 Å². The van der Waals surface area contributed by atoms with Crippen LogP contribution in [0.5, 0.6) is 0 Å². The number of halogens is 2. The Labute approximate surface area is 109 Å². The first-order chi connectivity index (χ1) is 8.82. The highest BCUT2D eigenvalue weighted by atomic mass is 19.3. The van der Waals surface area contributed by atoms with E-state index in [9.17, 15) is 18.4 Å². The molecule has 6 heteroatoms. The molecule has 1 unspecified atom stereocenters. The third kappa shape index (κ3) is 4.01. The molecule has 0 saturated heterocycles. The van der Waals surface area contributed by atoms with E-state index in [-0.39, 0.29) is 0 Å². The first-order valence-corrected chi connectivity index (χ1v) is 5.71. The lowest BCUT2D eigenvalue weighted by Gasteiger charge is -2.15. The van der Waals surface area contributed by atoms with Crippen LogP contribution in [-0.2, 0) is 4.79 Å². The molecule has 1 rings (SSSR count). The zero-order valence-corrected chi connectivity index (χ0v) is 10.6. The maximum atomic E-state index is 12.2. The van der Waals surface area contributed by atoms with Crippen LogP contribution in [0, 0.1) is 13.8 Å². The van der Waals surface area contributed by atoms with Gasteiger partial charge < -0.3 is 10.4 Å². The first kappa shape index (κ1) is 15.1. The van der Waals surface area contributed by atoms with E-state index in [1.165, 1.54) is 6.07 Å². The Morgan fingerprint density at radius 1 is 1.32 bits per heavy atom. The molecule has 1 aromatic carbocycles. The summed E-state index contributed by atoms with van der Waals surface area (Å²) in [5, 5.41) is 10.9. The van der Waals surface area contributed by atoms with E-state index in [1.54, 1.807) is 26.0 Å². The molecular weight excluding hydrogens is 256 g/mol. The number of aliphatic carboxylic acids is 1. The second-order valence-corrected chi connectivity index (χ2v) is 4.24. The second kappa shape index (κ2) is 6.26. The van der Waals surface area contributed by atoms with Crippen molar-refractivity contribution in [2.24, 2.45) is 0 Å². The average molecular weight is 271 g/mol. The fraction of sp³-hybridized carbons (Fsp3) is 0.385. The van der Waals surface area contributed by atoms with Gasteiger partial charge in [0.15, 0.2) is 0 Å². The van der Waals surface area contributed by atoms with Gasteiger partial charge in [0.05, 0.1) is 0 Å². The molecule has 0 aromatic heterocycles. The number of nitrogens with one attached hydrogen (secondary N) is 1. The summed E-state index contributed by atoms with van der Waals surface area (Å²) in [5.74, 6) is -2.13. The van der Waals surface area contributed by atoms with Crippen molar-refractivity contribution in [2.45, 2.75) is 32.7 Å². The molecule has 2 N–H and O–H groups in total. The van der Waals surface area contributed by atoms with E-state index in [0.29, 0.717) is 11.1 Å². The third-order valence-electron chi connectivity index (χ3n) is 2.87. The third-order valence-corrected chi connectivity index (χ3v) is 2.87. The molecule has 0 aliphatic rings. The van der Waals surface area contributed by atoms with Crippen LogP contribution >= 0.6 is 0 Å². The molecule has 0 fully saturated rings.